The molecular formula is C25H23F2NO3. The highest BCUT2D eigenvalue weighted by Gasteiger charge is 2.76. The Bertz CT molecular complexity index is 1050. The summed E-state index contributed by atoms with van der Waals surface area (Å²) in [6.07, 6.45) is -0.503. The number of alkyl halides is 2. The van der Waals surface area contributed by atoms with Gasteiger partial charge in [0.2, 0.25) is 5.91 Å². The number of carbonyl (C=O) groups excluding carboxylic acids is 1. The van der Waals surface area contributed by atoms with Crippen molar-refractivity contribution in [1.29, 1.82) is 0 Å². The van der Waals surface area contributed by atoms with Crippen LogP contribution in [0, 0.1) is 0 Å². The lowest BCUT2D eigenvalue weighted by atomic mass is 9.94. The van der Waals surface area contributed by atoms with Gasteiger partial charge < -0.3 is 14.8 Å². The normalized spacial score (nSPS) is 18.8. The van der Waals surface area contributed by atoms with Crippen molar-refractivity contribution in [2.24, 2.45) is 0 Å². The SMILES string of the molecule is CCOc1ccc(C2(C(=O)NCc3cccc(Oc4ccccc4)c3)CC2(F)F)cc1. The first-order chi connectivity index (χ1) is 14.9. The maximum absolute atomic E-state index is 14.4. The van der Waals surface area contributed by atoms with Crippen molar-refractivity contribution in [2.75, 3.05) is 6.61 Å². The molecule has 1 unspecified atom stereocenters. The minimum atomic E-state index is -3.08. The molecule has 1 aliphatic carbocycles. The molecule has 31 heavy (non-hydrogen) atoms. The summed E-state index contributed by atoms with van der Waals surface area (Å²) in [6, 6.07) is 22.8. The van der Waals surface area contributed by atoms with Crippen LogP contribution in [-0.2, 0) is 16.8 Å². The molecule has 4 nitrogen and oxygen atoms in total. The largest absolute Gasteiger partial charge is 0.494 e. The average molecular weight is 423 g/mol. The molecule has 1 saturated carbocycles. The highest BCUT2D eigenvalue weighted by atomic mass is 19.3. The molecular weight excluding hydrogens is 400 g/mol. The summed E-state index contributed by atoms with van der Waals surface area (Å²) in [4.78, 5) is 12.8. The van der Waals surface area contributed by atoms with Crippen LogP contribution in [0.3, 0.4) is 0 Å². The van der Waals surface area contributed by atoms with Gasteiger partial charge in [0.25, 0.3) is 5.92 Å². The molecule has 1 aliphatic rings. The fourth-order valence-electron chi connectivity index (χ4n) is 3.66. The Balaban J connectivity index is 1.45. The van der Waals surface area contributed by atoms with Gasteiger partial charge in [0.1, 0.15) is 22.7 Å². The van der Waals surface area contributed by atoms with Crippen LogP contribution in [0.2, 0.25) is 0 Å². The fourth-order valence-corrected chi connectivity index (χ4v) is 3.66. The third-order valence-electron chi connectivity index (χ3n) is 5.36. The van der Waals surface area contributed by atoms with Crippen LogP contribution in [-0.4, -0.2) is 18.4 Å². The van der Waals surface area contributed by atoms with E-state index in [4.69, 9.17) is 9.47 Å². The maximum Gasteiger partial charge on any atom is 0.268 e. The number of hydrogen-bond acceptors (Lipinski definition) is 3. The van der Waals surface area contributed by atoms with Crippen LogP contribution in [0.25, 0.3) is 0 Å². The van der Waals surface area contributed by atoms with Gasteiger partial charge in [0.05, 0.1) is 6.61 Å². The molecule has 0 aromatic heterocycles. The second-order valence-corrected chi connectivity index (χ2v) is 7.49. The molecule has 0 radical (unpaired) electrons. The van der Waals surface area contributed by atoms with Crippen LogP contribution in [0.5, 0.6) is 17.2 Å². The zero-order valence-electron chi connectivity index (χ0n) is 17.1. The van der Waals surface area contributed by atoms with E-state index >= 15 is 0 Å². The minimum absolute atomic E-state index is 0.125. The Labute approximate surface area is 179 Å². The smallest absolute Gasteiger partial charge is 0.268 e. The van der Waals surface area contributed by atoms with Gasteiger partial charge in [-0.15, -0.1) is 0 Å². The Hall–Kier alpha value is -3.41. The lowest BCUT2D eigenvalue weighted by Crippen LogP contribution is -2.38. The van der Waals surface area contributed by atoms with Crippen LogP contribution < -0.4 is 14.8 Å². The molecule has 1 N–H and O–H groups in total. The van der Waals surface area contributed by atoms with Crippen LogP contribution >= 0.6 is 0 Å². The standard InChI is InChI=1S/C25H23F2NO3/c1-2-30-20-13-11-19(12-14-20)24(17-25(24,26)27)23(29)28-16-18-7-6-10-22(15-18)31-21-8-4-3-5-9-21/h3-15H,2,16-17H2,1H3,(H,28,29). The number of ether oxygens (including phenoxy) is 2. The molecule has 0 aliphatic heterocycles. The van der Waals surface area contributed by atoms with Crippen molar-refractivity contribution >= 4 is 5.91 Å². The topological polar surface area (TPSA) is 47.6 Å². The van der Waals surface area contributed by atoms with Crippen LogP contribution in [0.4, 0.5) is 8.78 Å². The first-order valence-corrected chi connectivity index (χ1v) is 10.2. The van der Waals surface area contributed by atoms with E-state index in [0.29, 0.717) is 29.4 Å². The molecule has 3 aromatic rings. The van der Waals surface area contributed by atoms with E-state index in [2.05, 4.69) is 5.32 Å². The van der Waals surface area contributed by atoms with E-state index in [9.17, 15) is 13.6 Å². The molecule has 1 fully saturated rings. The molecule has 0 heterocycles. The van der Waals surface area contributed by atoms with E-state index in [-0.39, 0.29) is 6.54 Å². The second-order valence-electron chi connectivity index (χ2n) is 7.49. The molecule has 3 aromatic carbocycles. The summed E-state index contributed by atoms with van der Waals surface area (Å²) in [5.74, 6) is -1.88. The van der Waals surface area contributed by atoms with E-state index < -0.39 is 23.7 Å². The average Bonchev–Trinajstić information content (AvgIpc) is 3.37. The zero-order chi connectivity index (χ0) is 21.9. The third-order valence-corrected chi connectivity index (χ3v) is 5.36. The molecule has 1 amide bonds. The molecule has 160 valence electrons. The summed E-state index contributed by atoms with van der Waals surface area (Å²) < 4.78 is 39.9. The van der Waals surface area contributed by atoms with Gasteiger partial charge in [0, 0.05) is 13.0 Å². The number of rotatable bonds is 8. The van der Waals surface area contributed by atoms with Gasteiger partial charge in [-0.3, -0.25) is 4.79 Å². The van der Waals surface area contributed by atoms with Crippen LogP contribution in [0.15, 0.2) is 78.9 Å². The maximum atomic E-state index is 14.4. The summed E-state index contributed by atoms with van der Waals surface area (Å²) in [5.41, 5.74) is -0.789. The molecule has 0 spiro atoms. The van der Waals surface area contributed by atoms with E-state index in [0.717, 1.165) is 5.56 Å². The van der Waals surface area contributed by atoms with Crippen molar-refractivity contribution in [3.8, 4) is 17.2 Å². The number of halogens is 2. The van der Waals surface area contributed by atoms with Gasteiger partial charge in [0.15, 0.2) is 0 Å². The first-order valence-electron chi connectivity index (χ1n) is 10.2. The highest BCUT2D eigenvalue weighted by Crippen LogP contribution is 2.61. The fraction of sp³-hybridized carbons (Fsp3) is 0.240. The number of nitrogens with one attached hydrogen (secondary N) is 1. The quantitative estimate of drug-likeness (QED) is 0.523. The third kappa shape index (κ3) is 4.24. The molecule has 6 heteroatoms. The summed E-state index contributed by atoms with van der Waals surface area (Å²) >= 11 is 0. The summed E-state index contributed by atoms with van der Waals surface area (Å²) in [7, 11) is 0. The van der Waals surface area contributed by atoms with Gasteiger partial charge in [-0.25, -0.2) is 8.78 Å². The van der Waals surface area contributed by atoms with Crippen molar-refractivity contribution < 1.29 is 23.0 Å². The number of amides is 1. The molecule has 4 rings (SSSR count). The summed E-state index contributed by atoms with van der Waals surface area (Å²) in [6.45, 7) is 2.45. The Morgan fingerprint density at radius 3 is 2.26 bits per heavy atom. The highest BCUT2D eigenvalue weighted by molar-refractivity contribution is 5.93. The van der Waals surface area contributed by atoms with Gasteiger partial charge >= 0.3 is 0 Å². The number of carbonyl (C=O) groups is 1. The second kappa shape index (κ2) is 8.38. The Morgan fingerprint density at radius 1 is 0.935 bits per heavy atom. The Morgan fingerprint density at radius 2 is 1.61 bits per heavy atom. The lowest BCUT2D eigenvalue weighted by Gasteiger charge is -2.18. The van der Waals surface area contributed by atoms with Crippen molar-refractivity contribution in [3.63, 3.8) is 0 Å². The molecule has 0 saturated heterocycles. The van der Waals surface area contributed by atoms with Crippen molar-refractivity contribution in [2.45, 2.75) is 31.2 Å². The minimum Gasteiger partial charge on any atom is -0.494 e. The lowest BCUT2D eigenvalue weighted by molar-refractivity contribution is -0.126. The van der Waals surface area contributed by atoms with E-state index in [1.165, 1.54) is 0 Å². The first kappa shape index (κ1) is 20.8. The molecule has 0 bridgehead atoms. The zero-order valence-corrected chi connectivity index (χ0v) is 17.1. The monoisotopic (exact) mass is 423 g/mol. The van der Waals surface area contributed by atoms with E-state index in [1.54, 1.807) is 42.5 Å². The van der Waals surface area contributed by atoms with E-state index in [1.807, 2.05) is 43.3 Å². The predicted molar refractivity (Wildman–Crippen MR) is 114 cm³/mol. The van der Waals surface area contributed by atoms with Gasteiger partial charge in [-0.05, 0) is 54.4 Å². The summed E-state index contributed by atoms with van der Waals surface area (Å²) in [5, 5.41) is 2.68. The number of para-hydroxylation sites is 1. The molecule has 1 atom stereocenters. The van der Waals surface area contributed by atoms with Crippen molar-refractivity contribution in [1.82, 2.24) is 5.32 Å². The van der Waals surface area contributed by atoms with Crippen molar-refractivity contribution in [3.05, 3.63) is 90.0 Å². The number of benzene rings is 3. The Kier molecular flexibility index (Phi) is 5.63. The van der Waals surface area contributed by atoms with Gasteiger partial charge in [-0.1, -0.05) is 42.5 Å². The number of hydrogen-bond donors (Lipinski definition) is 1. The van der Waals surface area contributed by atoms with Gasteiger partial charge in [-0.2, -0.15) is 0 Å². The predicted octanol–water partition coefficient (Wildman–Crippen LogP) is 5.47. The van der Waals surface area contributed by atoms with Crippen LogP contribution in [0.1, 0.15) is 24.5 Å².